The van der Waals surface area contributed by atoms with Crippen LogP contribution in [0.3, 0.4) is 0 Å². The summed E-state index contributed by atoms with van der Waals surface area (Å²) in [5.74, 6) is 0.346. The second-order valence-electron chi connectivity index (χ2n) is 10.8. The van der Waals surface area contributed by atoms with Gasteiger partial charge in [0, 0.05) is 29.6 Å². The molecule has 0 radical (unpaired) electrons. The molecule has 1 saturated heterocycles. The number of likely N-dealkylation sites (tertiary alicyclic amines) is 1. The molecule has 9 nitrogen and oxygen atoms in total. The summed E-state index contributed by atoms with van der Waals surface area (Å²) < 4.78 is 10.2. The van der Waals surface area contributed by atoms with E-state index in [4.69, 9.17) is 14.5 Å². The van der Waals surface area contributed by atoms with Crippen molar-refractivity contribution in [3.05, 3.63) is 88.5 Å². The third-order valence-corrected chi connectivity index (χ3v) is 8.11. The van der Waals surface area contributed by atoms with Crippen LogP contribution in [0.4, 0.5) is 5.69 Å². The van der Waals surface area contributed by atoms with E-state index in [1.807, 2.05) is 47.4 Å². The zero-order chi connectivity index (χ0) is 29.2. The molecule has 0 atom stereocenters. The molecule has 9 heteroatoms. The van der Waals surface area contributed by atoms with E-state index in [-0.39, 0.29) is 11.8 Å². The van der Waals surface area contributed by atoms with E-state index in [1.54, 1.807) is 25.3 Å². The lowest BCUT2D eigenvalue weighted by molar-refractivity contribution is -0.133. The number of nitrogens with zero attached hydrogens (tertiary/aromatic N) is 3. The fraction of sp³-hybridized carbons (Fsp3) is 0.303. The highest BCUT2D eigenvalue weighted by Gasteiger charge is 2.26. The summed E-state index contributed by atoms with van der Waals surface area (Å²) in [5, 5.41) is 11.8. The van der Waals surface area contributed by atoms with Crippen LogP contribution < -0.4 is 4.74 Å². The number of hydrogen-bond donors (Lipinski definition) is 2. The number of fused-ring (bicyclic) bond motifs is 2. The third kappa shape index (κ3) is 5.47. The number of esters is 1. The average Bonchev–Trinajstić information content (AvgIpc) is 3.59. The Bertz CT molecular complexity index is 1670. The van der Waals surface area contributed by atoms with E-state index in [2.05, 4.69) is 9.88 Å². The number of benzene rings is 3. The molecule has 1 aromatic heterocycles. The maximum Gasteiger partial charge on any atom is 0.337 e. The first-order chi connectivity index (χ1) is 20.4. The summed E-state index contributed by atoms with van der Waals surface area (Å²) in [4.78, 5) is 37.4. The number of aromatic nitrogens is 1. The van der Waals surface area contributed by atoms with Gasteiger partial charge in [-0.2, -0.15) is 0 Å². The lowest BCUT2D eigenvalue weighted by Gasteiger charge is -2.27. The lowest BCUT2D eigenvalue weighted by Crippen LogP contribution is -2.40. The van der Waals surface area contributed by atoms with Crippen molar-refractivity contribution in [2.45, 2.75) is 32.4 Å². The summed E-state index contributed by atoms with van der Waals surface area (Å²) in [6, 6.07) is 18.6. The summed E-state index contributed by atoms with van der Waals surface area (Å²) in [5.41, 5.74) is 5.73. The summed E-state index contributed by atoms with van der Waals surface area (Å²) in [7, 11) is 2.94. The molecule has 216 valence electrons. The molecule has 6 rings (SSSR count). The average molecular weight is 567 g/mol. The standard InChI is InChI=1S/C33H34N4O5/c1-41-26-11-7-21(8-12-26)31(30-27-13-9-22(33(40)42-2)17-28(27)35-32(30)39)34-25-10-6-23-18-37(19-24(23)16-25)29(38)20-36-14-4-3-5-15-36/h6-13,16-17,35,39H,3-5,14-15,18-20H2,1-2H3. The molecule has 3 aromatic carbocycles. The molecule has 0 unspecified atom stereocenters. The number of ether oxygens (including phenoxy) is 2. The number of aromatic hydroxyl groups is 1. The minimum Gasteiger partial charge on any atom is -0.497 e. The Morgan fingerprint density at radius 3 is 2.38 bits per heavy atom. The third-order valence-electron chi connectivity index (χ3n) is 8.11. The molecule has 1 fully saturated rings. The Morgan fingerprint density at radius 1 is 0.905 bits per heavy atom. The number of nitrogens with one attached hydrogen (secondary N) is 1. The zero-order valence-electron chi connectivity index (χ0n) is 23.9. The van der Waals surface area contributed by atoms with Crippen LogP contribution >= 0.6 is 0 Å². The number of amides is 1. The number of hydrogen-bond acceptors (Lipinski definition) is 7. The highest BCUT2D eigenvalue weighted by atomic mass is 16.5. The number of carbonyl (C=O) groups excluding carboxylic acids is 2. The maximum atomic E-state index is 13.1. The Hall–Kier alpha value is -4.63. The number of piperidine rings is 1. The van der Waals surface area contributed by atoms with Gasteiger partial charge in [0.05, 0.1) is 43.3 Å². The number of H-pyrrole nitrogens is 1. The fourth-order valence-corrected chi connectivity index (χ4v) is 5.85. The van der Waals surface area contributed by atoms with Crippen LogP contribution in [0.1, 0.15) is 51.9 Å². The Kier molecular flexibility index (Phi) is 7.67. The van der Waals surface area contributed by atoms with Crippen molar-refractivity contribution >= 4 is 34.2 Å². The van der Waals surface area contributed by atoms with Gasteiger partial charge in [0.1, 0.15) is 5.75 Å². The molecule has 0 saturated carbocycles. The van der Waals surface area contributed by atoms with Crippen molar-refractivity contribution in [3.63, 3.8) is 0 Å². The van der Waals surface area contributed by atoms with Gasteiger partial charge in [-0.3, -0.25) is 9.69 Å². The second-order valence-corrected chi connectivity index (χ2v) is 10.8. The smallest absolute Gasteiger partial charge is 0.337 e. The summed E-state index contributed by atoms with van der Waals surface area (Å²) >= 11 is 0. The van der Waals surface area contributed by atoms with Crippen LogP contribution in [-0.2, 0) is 22.6 Å². The second kappa shape index (κ2) is 11.7. The van der Waals surface area contributed by atoms with Gasteiger partial charge < -0.3 is 24.5 Å². The van der Waals surface area contributed by atoms with Crippen molar-refractivity contribution in [2.24, 2.45) is 4.99 Å². The number of aliphatic imine (C=N–C) groups is 1. The first kappa shape index (κ1) is 27.5. The van der Waals surface area contributed by atoms with E-state index >= 15 is 0 Å². The number of aromatic amines is 1. The van der Waals surface area contributed by atoms with Crippen LogP contribution in [0.15, 0.2) is 65.7 Å². The molecule has 0 spiro atoms. The van der Waals surface area contributed by atoms with Gasteiger partial charge in [0.15, 0.2) is 5.88 Å². The van der Waals surface area contributed by atoms with Gasteiger partial charge in [-0.05, 0) is 85.6 Å². The van der Waals surface area contributed by atoms with Crippen molar-refractivity contribution < 1.29 is 24.2 Å². The predicted octanol–water partition coefficient (Wildman–Crippen LogP) is 5.17. The van der Waals surface area contributed by atoms with Crippen molar-refractivity contribution in [2.75, 3.05) is 33.9 Å². The lowest BCUT2D eigenvalue weighted by atomic mass is 9.99. The van der Waals surface area contributed by atoms with Gasteiger partial charge in [-0.25, -0.2) is 9.79 Å². The van der Waals surface area contributed by atoms with E-state index in [9.17, 15) is 14.7 Å². The molecular weight excluding hydrogens is 532 g/mol. The number of carbonyl (C=O) groups is 2. The van der Waals surface area contributed by atoms with Gasteiger partial charge >= 0.3 is 5.97 Å². The fourth-order valence-electron chi connectivity index (χ4n) is 5.85. The Balaban J connectivity index is 1.35. The molecular formula is C33H34N4O5. The molecule has 2 N–H and O–H groups in total. The monoisotopic (exact) mass is 566 g/mol. The summed E-state index contributed by atoms with van der Waals surface area (Å²) in [6.07, 6.45) is 3.56. The van der Waals surface area contributed by atoms with E-state index in [1.165, 1.54) is 13.5 Å². The molecule has 1 amide bonds. The van der Waals surface area contributed by atoms with Crippen LogP contribution in [0.5, 0.6) is 11.6 Å². The van der Waals surface area contributed by atoms with Crippen LogP contribution in [0, 0.1) is 0 Å². The van der Waals surface area contributed by atoms with Crippen LogP contribution in [0.25, 0.3) is 10.9 Å². The van der Waals surface area contributed by atoms with Gasteiger partial charge in [-0.15, -0.1) is 0 Å². The molecule has 2 aliphatic heterocycles. The highest BCUT2D eigenvalue weighted by molar-refractivity contribution is 6.22. The maximum absolute atomic E-state index is 13.1. The van der Waals surface area contributed by atoms with Crippen molar-refractivity contribution in [1.82, 2.24) is 14.8 Å². The molecule has 2 aliphatic rings. The van der Waals surface area contributed by atoms with Gasteiger partial charge in [-0.1, -0.05) is 18.6 Å². The molecule has 0 bridgehead atoms. The van der Waals surface area contributed by atoms with E-state index in [0.717, 1.165) is 42.6 Å². The first-order valence-corrected chi connectivity index (χ1v) is 14.2. The number of methoxy groups -OCH3 is 2. The van der Waals surface area contributed by atoms with Crippen molar-refractivity contribution in [1.29, 1.82) is 0 Å². The topological polar surface area (TPSA) is 107 Å². The Morgan fingerprint density at radius 2 is 1.64 bits per heavy atom. The largest absolute Gasteiger partial charge is 0.497 e. The zero-order valence-corrected chi connectivity index (χ0v) is 23.9. The Labute approximate surface area is 244 Å². The first-order valence-electron chi connectivity index (χ1n) is 14.2. The van der Waals surface area contributed by atoms with E-state index in [0.29, 0.717) is 58.8 Å². The van der Waals surface area contributed by atoms with Crippen LogP contribution in [0.2, 0.25) is 0 Å². The normalized spacial score (nSPS) is 15.6. The quantitative estimate of drug-likeness (QED) is 0.236. The molecule has 42 heavy (non-hydrogen) atoms. The minimum absolute atomic E-state index is 0.0581. The van der Waals surface area contributed by atoms with Gasteiger partial charge in [0.2, 0.25) is 5.91 Å². The summed E-state index contributed by atoms with van der Waals surface area (Å²) in [6.45, 7) is 3.60. The molecule has 4 aromatic rings. The molecule has 0 aliphatic carbocycles. The van der Waals surface area contributed by atoms with Crippen LogP contribution in [-0.4, -0.2) is 71.3 Å². The van der Waals surface area contributed by atoms with E-state index < -0.39 is 5.97 Å². The van der Waals surface area contributed by atoms with Gasteiger partial charge in [0.25, 0.3) is 0 Å². The SMILES string of the molecule is COC(=O)c1ccc2c(C(=Nc3ccc4c(c3)CN(C(=O)CN3CCCCC3)C4)c3ccc(OC)cc3)c(O)[nH]c2c1. The molecule has 3 heterocycles. The minimum atomic E-state index is -0.460. The highest BCUT2D eigenvalue weighted by Crippen LogP contribution is 2.34. The number of rotatable bonds is 7. The van der Waals surface area contributed by atoms with Crippen molar-refractivity contribution in [3.8, 4) is 11.6 Å². The predicted molar refractivity (Wildman–Crippen MR) is 161 cm³/mol.